The number of aryl methyl sites for hydroxylation is 1. The maximum absolute atomic E-state index is 11.9. The van der Waals surface area contributed by atoms with Crippen molar-refractivity contribution in [3.63, 3.8) is 0 Å². The third kappa shape index (κ3) is 3.08. The van der Waals surface area contributed by atoms with Crippen LogP contribution in [-0.4, -0.2) is 34.9 Å². The van der Waals surface area contributed by atoms with Crippen molar-refractivity contribution >= 4 is 21.8 Å². The summed E-state index contributed by atoms with van der Waals surface area (Å²) in [7, 11) is 0. The summed E-state index contributed by atoms with van der Waals surface area (Å²) in [6, 6.07) is 1.68. The Labute approximate surface area is 108 Å². The summed E-state index contributed by atoms with van der Waals surface area (Å²) in [5, 5.41) is 21.1. The van der Waals surface area contributed by atoms with E-state index in [4.69, 9.17) is 4.42 Å². The van der Waals surface area contributed by atoms with Crippen LogP contribution >= 0.6 is 15.9 Å². The number of carbonyl (C=O) groups excluding carboxylic acids is 1. The molecule has 0 aliphatic rings. The van der Waals surface area contributed by atoms with E-state index in [0.29, 0.717) is 16.7 Å². The molecule has 0 saturated heterocycles. The van der Waals surface area contributed by atoms with E-state index in [1.165, 1.54) is 0 Å². The van der Waals surface area contributed by atoms with Crippen molar-refractivity contribution in [3.05, 3.63) is 22.1 Å². The third-order valence-corrected chi connectivity index (χ3v) is 3.15. The lowest BCUT2D eigenvalue weighted by atomic mass is 9.98. The van der Waals surface area contributed by atoms with Gasteiger partial charge in [0.15, 0.2) is 10.4 Å². The van der Waals surface area contributed by atoms with Crippen molar-refractivity contribution in [1.29, 1.82) is 0 Å². The summed E-state index contributed by atoms with van der Waals surface area (Å²) >= 11 is 3.14. The summed E-state index contributed by atoms with van der Waals surface area (Å²) in [6.07, 6.45) is 0.423. The smallest absolute Gasteiger partial charge is 0.287 e. The van der Waals surface area contributed by atoms with Crippen molar-refractivity contribution in [3.8, 4) is 0 Å². The van der Waals surface area contributed by atoms with E-state index >= 15 is 0 Å². The minimum absolute atomic E-state index is 0.177. The molecule has 1 aromatic heterocycles. The van der Waals surface area contributed by atoms with Gasteiger partial charge in [-0.15, -0.1) is 0 Å². The van der Waals surface area contributed by atoms with E-state index in [2.05, 4.69) is 21.2 Å². The predicted molar refractivity (Wildman–Crippen MR) is 65.8 cm³/mol. The first kappa shape index (κ1) is 14.2. The molecule has 0 aliphatic carbocycles. The Balaban J connectivity index is 2.88. The number of hydrogen-bond acceptors (Lipinski definition) is 4. The second-order valence-electron chi connectivity index (χ2n) is 3.97. The maximum Gasteiger partial charge on any atom is 0.287 e. The fourth-order valence-electron chi connectivity index (χ4n) is 1.41. The Morgan fingerprint density at radius 3 is 2.47 bits per heavy atom. The molecule has 1 rings (SSSR count). The lowest BCUT2D eigenvalue weighted by molar-refractivity contribution is 0.0630. The number of rotatable bonds is 5. The van der Waals surface area contributed by atoms with Crippen LogP contribution in [0.15, 0.2) is 15.2 Å². The average Bonchev–Trinajstić information content (AvgIpc) is 2.65. The van der Waals surface area contributed by atoms with Gasteiger partial charge in [0.2, 0.25) is 0 Å². The molecule has 1 aromatic rings. The van der Waals surface area contributed by atoms with Crippen LogP contribution in [0.5, 0.6) is 0 Å². The minimum Gasteiger partial charge on any atom is -0.444 e. The Hall–Kier alpha value is -0.850. The van der Waals surface area contributed by atoms with Crippen molar-refractivity contribution in [2.24, 2.45) is 0 Å². The third-order valence-electron chi connectivity index (χ3n) is 2.75. The van der Waals surface area contributed by atoms with Gasteiger partial charge in [-0.05, 0) is 35.3 Å². The molecular weight excluding hydrogens is 290 g/mol. The quantitative estimate of drug-likeness (QED) is 0.764. The average molecular weight is 306 g/mol. The summed E-state index contributed by atoms with van der Waals surface area (Å²) in [6.45, 7) is 2.87. The molecule has 0 saturated carbocycles. The second-order valence-corrected chi connectivity index (χ2v) is 4.75. The molecule has 0 spiro atoms. The summed E-state index contributed by atoms with van der Waals surface area (Å²) in [5.74, 6) is -0.269. The van der Waals surface area contributed by atoms with E-state index < -0.39 is 11.4 Å². The molecule has 1 heterocycles. The molecule has 5 nitrogen and oxygen atoms in total. The molecule has 96 valence electrons. The topological polar surface area (TPSA) is 82.7 Å². The van der Waals surface area contributed by atoms with Crippen LogP contribution in [0.4, 0.5) is 0 Å². The van der Waals surface area contributed by atoms with E-state index in [1.807, 2.05) is 0 Å². The highest BCUT2D eigenvalue weighted by Gasteiger charge is 2.30. The molecular formula is C11H16BrNO4. The van der Waals surface area contributed by atoms with Gasteiger partial charge in [-0.3, -0.25) is 4.79 Å². The highest BCUT2D eigenvalue weighted by atomic mass is 79.9. The second kappa shape index (κ2) is 5.66. The molecule has 6 heteroatoms. The number of amides is 1. The van der Waals surface area contributed by atoms with Crippen LogP contribution in [0.3, 0.4) is 0 Å². The molecule has 0 fully saturated rings. The van der Waals surface area contributed by atoms with Crippen LogP contribution in [0.1, 0.15) is 29.5 Å². The van der Waals surface area contributed by atoms with Gasteiger partial charge >= 0.3 is 0 Å². The van der Waals surface area contributed by atoms with Crippen molar-refractivity contribution in [2.45, 2.75) is 25.8 Å². The molecule has 0 atom stereocenters. The molecule has 17 heavy (non-hydrogen) atoms. The minimum atomic E-state index is -1.01. The predicted octanol–water partition coefficient (Wildman–Crippen LogP) is 1.21. The van der Waals surface area contributed by atoms with Gasteiger partial charge in [0, 0.05) is 5.56 Å². The van der Waals surface area contributed by atoms with Gasteiger partial charge < -0.3 is 19.9 Å². The van der Waals surface area contributed by atoms with Crippen molar-refractivity contribution in [2.75, 3.05) is 13.2 Å². The zero-order valence-electron chi connectivity index (χ0n) is 9.79. The molecule has 1 amide bonds. The fraction of sp³-hybridized carbons (Fsp3) is 0.545. The van der Waals surface area contributed by atoms with Gasteiger partial charge in [0.05, 0.1) is 18.8 Å². The van der Waals surface area contributed by atoms with Crippen LogP contribution < -0.4 is 5.32 Å². The number of furan rings is 1. The molecule has 0 unspecified atom stereocenters. The molecule has 3 N–H and O–H groups in total. The van der Waals surface area contributed by atoms with Crippen LogP contribution in [-0.2, 0) is 0 Å². The number of aliphatic hydroxyl groups excluding tert-OH is 2. The van der Waals surface area contributed by atoms with Gasteiger partial charge in [0.1, 0.15) is 0 Å². The Morgan fingerprint density at radius 2 is 2.12 bits per heavy atom. The molecule has 0 radical (unpaired) electrons. The first-order valence-electron chi connectivity index (χ1n) is 5.28. The zero-order valence-corrected chi connectivity index (χ0v) is 11.4. The summed E-state index contributed by atoms with van der Waals surface area (Å²) < 4.78 is 5.66. The number of hydrogen-bond donors (Lipinski definition) is 3. The van der Waals surface area contributed by atoms with E-state index in [0.717, 1.165) is 0 Å². The monoisotopic (exact) mass is 305 g/mol. The van der Waals surface area contributed by atoms with E-state index in [9.17, 15) is 15.0 Å². The van der Waals surface area contributed by atoms with Crippen LogP contribution in [0.2, 0.25) is 0 Å². The number of halogens is 1. The summed E-state index contributed by atoms with van der Waals surface area (Å²) in [4.78, 5) is 11.9. The first-order chi connectivity index (χ1) is 7.98. The van der Waals surface area contributed by atoms with Gasteiger partial charge in [-0.25, -0.2) is 0 Å². The Kier molecular flexibility index (Phi) is 4.73. The van der Waals surface area contributed by atoms with Crippen molar-refractivity contribution < 1.29 is 19.4 Å². The Bertz CT molecular complexity index is 390. The van der Waals surface area contributed by atoms with Gasteiger partial charge in [0.25, 0.3) is 5.91 Å². The Morgan fingerprint density at radius 1 is 1.53 bits per heavy atom. The lowest BCUT2D eigenvalue weighted by Gasteiger charge is -2.29. The van der Waals surface area contributed by atoms with Gasteiger partial charge in [-0.2, -0.15) is 0 Å². The van der Waals surface area contributed by atoms with Crippen LogP contribution in [0, 0.1) is 6.92 Å². The first-order valence-corrected chi connectivity index (χ1v) is 6.07. The van der Waals surface area contributed by atoms with E-state index in [1.54, 1.807) is 19.9 Å². The largest absolute Gasteiger partial charge is 0.444 e. The normalized spacial score (nSPS) is 11.6. The van der Waals surface area contributed by atoms with Gasteiger partial charge in [-0.1, -0.05) is 6.92 Å². The molecule has 0 bridgehead atoms. The number of carbonyl (C=O) groups is 1. The van der Waals surface area contributed by atoms with Crippen molar-refractivity contribution in [1.82, 2.24) is 5.32 Å². The SMILES string of the molecule is CCC(CO)(CO)NC(=O)c1oc(Br)cc1C. The molecule has 0 aromatic carbocycles. The van der Waals surface area contributed by atoms with Crippen LogP contribution in [0.25, 0.3) is 0 Å². The lowest BCUT2D eigenvalue weighted by Crippen LogP contribution is -2.53. The van der Waals surface area contributed by atoms with E-state index in [-0.39, 0.29) is 19.0 Å². The molecule has 0 aliphatic heterocycles. The summed E-state index contributed by atoms with van der Waals surface area (Å²) in [5.41, 5.74) is -0.321. The standard InChI is InChI=1S/C11H16BrNO4/c1-3-11(5-14,6-15)13-10(16)9-7(2)4-8(12)17-9/h4,14-15H,3,5-6H2,1-2H3,(H,13,16). The highest BCUT2D eigenvalue weighted by Crippen LogP contribution is 2.20. The fourth-order valence-corrected chi connectivity index (χ4v) is 1.91. The number of aliphatic hydroxyl groups is 2. The highest BCUT2D eigenvalue weighted by molar-refractivity contribution is 9.10. The maximum atomic E-state index is 11.9. The number of nitrogens with one attached hydrogen (secondary N) is 1. The zero-order chi connectivity index (χ0) is 13.1.